The van der Waals surface area contributed by atoms with E-state index in [1.165, 1.54) is 0 Å². The molecule has 0 spiro atoms. The van der Waals surface area contributed by atoms with Crippen LogP contribution in [0.4, 0.5) is 4.79 Å². The Morgan fingerprint density at radius 1 is 1.40 bits per heavy atom. The Bertz CT molecular complexity index is 400. The molecule has 0 unspecified atom stereocenters. The molecule has 1 aromatic carbocycles. The van der Waals surface area contributed by atoms with E-state index >= 15 is 0 Å². The largest absolute Gasteiger partial charge is 0.534 e. The normalized spacial score (nSPS) is 11.1. The molecule has 1 rings (SSSR count). The molecule has 1 aromatic rings. The molecule has 0 amide bonds. The summed E-state index contributed by atoms with van der Waals surface area (Å²) in [6.45, 7) is 3.39. The van der Waals surface area contributed by atoms with Crippen LogP contribution in [0.25, 0.3) is 0 Å². The standard InChI is InChI=1S/C11H12O3Si/c1-3-4-9-5-7-10(8-6-9)14-15(2)11(12)13/h5-8,15H,1-2H3,(H,12,13)/t15-/m0/s1. The monoisotopic (exact) mass is 220 g/mol. The van der Waals surface area contributed by atoms with Crippen molar-refractivity contribution in [2.45, 2.75) is 13.5 Å². The fourth-order valence-electron chi connectivity index (χ4n) is 1.02. The Balaban J connectivity index is 2.71. The van der Waals surface area contributed by atoms with E-state index in [1.54, 1.807) is 25.6 Å². The van der Waals surface area contributed by atoms with Gasteiger partial charge in [-0.15, -0.1) is 5.92 Å². The third kappa shape index (κ3) is 3.48. The van der Waals surface area contributed by atoms with Gasteiger partial charge in [-0.05, 0) is 37.7 Å². The quantitative estimate of drug-likeness (QED) is 0.626. The molecule has 0 fully saturated rings. The fourth-order valence-corrected chi connectivity index (χ4v) is 1.68. The molecule has 0 aliphatic rings. The first-order chi connectivity index (χ1) is 7.13. The highest BCUT2D eigenvalue weighted by Gasteiger charge is 2.15. The van der Waals surface area contributed by atoms with Crippen LogP contribution in [0.2, 0.25) is 6.55 Å². The van der Waals surface area contributed by atoms with Gasteiger partial charge in [-0.25, -0.2) is 0 Å². The summed E-state index contributed by atoms with van der Waals surface area (Å²) in [5.41, 5.74) is 0.0573. The molecule has 0 bridgehead atoms. The molecular formula is C11H12O3Si. The number of benzene rings is 1. The third-order valence-corrected chi connectivity index (χ3v) is 3.11. The number of rotatable bonds is 3. The molecule has 4 heteroatoms. The van der Waals surface area contributed by atoms with Crippen molar-refractivity contribution in [1.82, 2.24) is 0 Å². The van der Waals surface area contributed by atoms with Gasteiger partial charge >= 0.3 is 14.6 Å². The van der Waals surface area contributed by atoms with Crippen molar-refractivity contribution in [3.63, 3.8) is 0 Å². The molecular weight excluding hydrogens is 208 g/mol. The van der Waals surface area contributed by atoms with E-state index in [1.807, 2.05) is 12.1 Å². The van der Waals surface area contributed by atoms with Gasteiger partial charge in [0.05, 0.1) is 0 Å². The summed E-state index contributed by atoms with van der Waals surface area (Å²) in [5.74, 6) is 6.28. The zero-order valence-corrected chi connectivity index (χ0v) is 9.81. The van der Waals surface area contributed by atoms with Gasteiger partial charge in [-0.2, -0.15) is 0 Å². The zero-order valence-electron chi connectivity index (χ0n) is 8.65. The lowest BCUT2D eigenvalue weighted by atomic mass is 10.2. The summed E-state index contributed by atoms with van der Waals surface area (Å²) in [4.78, 5) is 10.6. The lowest BCUT2D eigenvalue weighted by Gasteiger charge is -2.08. The molecule has 0 aliphatic heterocycles. The molecule has 3 nitrogen and oxygen atoms in total. The number of hydrogen-bond donors (Lipinski definition) is 1. The molecule has 0 radical (unpaired) electrons. The molecule has 1 N–H and O–H groups in total. The number of carboxylic acid groups (broad SMARTS) is 1. The zero-order chi connectivity index (χ0) is 11.3. The minimum atomic E-state index is -2.15. The second-order valence-electron chi connectivity index (χ2n) is 3.00. The second-order valence-corrected chi connectivity index (χ2v) is 5.01. The lowest BCUT2D eigenvalue weighted by Crippen LogP contribution is -2.27. The predicted octanol–water partition coefficient (Wildman–Crippen LogP) is 2.05. The summed E-state index contributed by atoms with van der Waals surface area (Å²) < 4.78 is 5.30. The van der Waals surface area contributed by atoms with Crippen molar-refractivity contribution >= 4 is 14.6 Å². The first-order valence-electron chi connectivity index (χ1n) is 4.55. The SMILES string of the molecule is CC#Cc1ccc(O[Si@@H](C)C(=O)O)cc1. The van der Waals surface area contributed by atoms with Gasteiger partial charge in [0.25, 0.3) is 0 Å². The highest BCUT2D eigenvalue weighted by molar-refractivity contribution is 6.82. The second kappa shape index (κ2) is 5.22. The molecule has 1 atom stereocenters. The third-order valence-electron chi connectivity index (χ3n) is 1.78. The Hall–Kier alpha value is -1.73. The first kappa shape index (κ1) is 11.3. The molecule has 15 heavy (non-hydrogen) atoms. The number of carbonyl (C=O) groups is 1. The highest BCUT2D eigenvalue weighted by atomic mass is 28.3. The van der Waals surface area contributed by atoms with Gasteiger partial charge in [0.15, 0.2) is 0 Å². The summed E-state index contributed by atoms with van der Waals surface area (Å²) in [6.07, 6.45) is 0. The van der Waals surface area contributed by atoms with Crippen LogP contribution in [-0.4, -0.2) is 19.7 Å². The van der Waals surface area contributed by atoms with E-state index in [2.05, 4.69) is 11.8 Å². The van der Waals surface area contributed by atoms with E-state index in [4.69, 9.17) is 9.53 Å². The van der Waals surface area contributed by atoms with Gasteiger partial charge in [-0.3, -0.25) is 4.79 Å². The average molecular weight is 220 g/mol. The van der Waals surface area contributed by atoms with Crippen molar-refractivity contribution in [3.8, 4) is 17.6 Å². The van der Waals surface area contributed by atoms with Crippen molar-refractivity contribution in [2.75, 3.05) is 0 Å². The smallest absolute Gasteiger partial charge is 0.354 e. The molecule has 0 heterocycles. The van der Waals surface area contributed by atoms with E-state index in [-0.39, 0.29) is 0 Å². The van der Waals surface area contributed by atoms with Gasteiger partial charge in [0, 0.05) is 5.56 Å². The highest BCUT2D eigenvalue weighted by Crippen LogP contribution is 2.12. The maximum atomic E-state index is 10.6. The Morgan fingerprint density at radius 3 is 2.47 bits per heavy atom. The Labute approximate surface area is 90.4 Å². The van der Waals surface area contributed by atoms with Gasteiger partial charge in [-0.1, -0.05) is 5.92 Å². The first-order valence-corrected chi connectivity index (χ1v) is 6.76. The van der Waals surface area contributed by atoms with Gasteiger partial charge in [0.1, 0.15) is 5.75 Å². The van der Waals surface area contributed by atoms with Crippen molar-refractivity contribution in [1.29, 1.82) is 0 Å². The van der Waals surface area contributed by atoms with Crippen molar-refractivity contribution in [3.05, 3.63) is 29.8 Å². The Morgan fingerprint density at radius 2 is 2.00 bits per heavy atom. The molecule has 78 valence electrons. The van der Waals surface area contributed by atoms with Crippen LogP contribution in [0.15, 0.2) is 24.3 Å². The van der Waals surface area contributed by atoms with Crippen LogP contribution in [0.1, 0.15) is 12.5 Å². The van der Waals surface area contributed by atoms with E-state index in [9.17, 15) is 4.79 Å². The minimum absolute atomic E-state index is 0.596. The van der Waals surface area contributed by atoms with E-state index < -0.39 is 14.6 Å². The predicted molar refractivity (Wildman–Crippen MR) is 60.7 cm³/mol. The van der Waals surface area contributed by atoms with Crippen molar-refractivity contribution in [2.24, 2.45) is 0 Å². The molecule has 0 aliphatic carbocycles. The minimum Gasteiger partial charge on any atom is -0.534 e. The average Bonchev–Trinajstić information content (AvgIpc) is 2.21. The van der Waals surface area contributed by atoms with Crippen LogP contribution in [0.3, 0.4) is 0 Å². The van der Waals surface area contributed by atoms with Crippen LogP contribution < -0.4 is 4.43 Å². The van der Waals surface area contributed by atoms with Gasteiger partial charge in [0.2, 0.25) is 0 Å². The maximum absolute atomic E-state index is 10.6. The topological polar surface area (TPSA) is 46.5 Å². The van der Waals surface area contributed by atoms with Crippen LogP contribution >= 0.6 is 0 Å². The van der Waals surface area contributed by atoms with Gasteiger partial charge < -0.3 is 9.53 Å². The summed E-state index contributed by atoms with van der Waals surface area (Å²) in [7, 11) is -2.15. The van der Waals surface area contributed by atoms with Crippen LogP contribution in [0.5, 0.6) is 5.75 Å². The summed E-state index contributed by atoms with van der Waals surface area (Å²) in [6, 6.07) is 7.11. The van der Waals surface area contributed by atoms with E-state index in [0.717, 1.165) is 5.56 Å². The molecule has 0 saturated carbocycles. The van der Waals surface area contributed by atoms with Crippen molar-refractivity contribution < 1.29 is 14.3 Å². The molecule has 0 saturated heterocycles. The maximum Gasteiger partial charge on any atom is 0.354 e. The number of hydrogen-bond acceptors (Lipinski definition) is 2. The van der Waals surface area contributed by atoms with Crippen LogP contribution in [-0.2, 0) is 0 Å². The lowest BCUT2D eigenvalue weighted by molar-refractivity contribution is 0.216. The molecule has 0 aromatic heterocycles. The summed E-state index contributed by atoms with van der Waals surface area (Å²) in [5, 5.41) is 8.70. The Kier molecular flexibility index (Phi) is 3.95. The summed E-state index contributed by atoms with van der Waals surface area (Å²) >= 11 is 0. The van der Waals surface area contributed by atoms with Crippen LogP contribution in [0, 0.1) is 11.8 Å². The fraction of sp³-hybridized carbons (Fsp3) is 0.182. The van der Waals surface area contributed by atoms with E-state index in [0.29, 0.717) is 5.75 Å².